The minimum absolute atomic E-state index is 0. The van der Waals surface area contributed by atoms with Crippen LogP contribution in [0.1, 0.15) is 44.1 Å². The fraction of sp³-hybridized carbons (Fsp3) is 0.632. The third kappa shape index (κ3) is 5.16. The van der Waals surface area contributed by atoms with Crippen LogP contribution in [0.4, 0.5) is 0 Å². The van der Waals surface area contributed by atoms with Gasteiger partial charge in [-0.1, -0.05) is 24.4 Å². The van der Waals surface area contributed by atoms with Crippen LogP contribution in [0.25, 0.3) is 0 Å². The molecule has 1 saturated carbocycles. The fourth-order valence-corrected chi connectivity index (χ4v) is 4.10. The molecule has 1 aromatic carbocycles. The first-order chi connectivity index (χ1) is 12.1. The van der Waals surface area contributed by atoms with Crippen LogP contribution in [-0.2, 0) is 10.2 Å². The number of nitrogens with one attached hydrogen (secondary N) is 1. The van der Waals surface area contributed by atoms with Gasteiger partial charge in [-0.2, -0.15) is 0 Å². The van der Waals surface area contributed by atoms with E-state index in [1.54, 1.807) is 7.11 Å². The molecule has 1 saturated heterocycles. The van der Waals surface area contributed by atoms with Gasteiger partial charge in [-0.05, 0) is 43.9 Å². The standard InChI is InChI=1S/C19H28ClN3O2.HI/c1-24-17-7-6-14(20)12-16(17)19(8-10-25-11-9-19)13-22-18(21)23-15-4-2-3-5-15;/h6-7,12,15H,2-5,8-11,13H2,1H3,(H3,21,22,23);1H. The predicted molar refractivity (Wildman–Crippen MR) is 117 cm³/mol. The smallest absolute Gasteiger partial charge is 0.188 e. The maximum atomic E-state index is 6.27. The van der Waals surface area contributed by atoms with Crippen LogP contribution in [0.5, 0.6) is 5.75 Å². The van der Waals surface area contributed by atoms with Crippen LogP contribution in [0.2, 0.25) is 5.02 Å². The van der Waals surface area contributed by atoms with E-state index in [0.717, 1.165) is 24.2 Å². The molecule has 1 aromatic rings. The molecule has 0 atom stereocenters. The number of rotatable bonds is 5. The zero-order valence-corrected chi connectivity index (χ0v) is 18.4. The van der Waals surface area contributed by atoms with Crippen molar-refractivity contribution in [1.82, 2.24) is 5.32 Å². The number of nitrogens with two attached hydrogens (primary N) is 1. The molecule has 0 bridgehead atoms. The summed E-state index contributed by atoms with van der Waals surface area (Å²) in [5.74, 6) is 1.39. The summed E-state index contributed by atoms with van der Waals surface area (Å²) in [7, 11) is 1.69. The van der Waals surface area contributed by atoms with Gasteiger partial charge in [-0.3, -0.25) is 4.99 Å². The molecular weight excluding hydrogens is 465 g/mol. The molecule has 26 heavy (non-hydrogen) atoms. The summed E-state index contributed by atoms with van der Waals surface area (Å²) < 4.78 is 11.2. The molecule has 146 valence electrons. The van der Waals surface area contributed by atoms with Crippen molar-refractivity contribution in [3.05, 3.63) is 28.8 Å². The summed E-state index contributed by atoms with van der Waals surface area (Å²) in [5.41, 5.74) is 7.10. The molecule has 2 fully saturated rings. The number of methoxy groups -OCH3 is 1. The minimum atomic E-state index is -0.156. The van der Waals surface area contributed by atoms with E-state index >= 15 is 0 Å². The van der Waals surface area contributed by atoms with E-state index in [9.17, 15) is 0 Å². The molecule has 0 spiro atoms. The number of nitrogens with zero attached hydrogens (tertiary/aromatic N) is 1. The molecule has 0 radical (unpaired) electrons. The van der Waals surface area contributed by atoms with Crippen molar-refractivity contribution in [3.8, 4) is 5.75 Å². The molecule has 0 amide bonds. The topological polar surface area (TPSA) is 68.9 Å². The van der Waals surface area contributed by atoms with E-state index < -0.39 is 0 Å². The van der Waals surface area contributed by atoms with Gasteiger partial charge in [0.05, 0.1) is 13.7 Å². The van der Waals surface area contributed by atoms with Gasteiger partial charge < -0.3 is 20.5 Å². The maximum absolute atomic E-state index is 6.27. The van der Waals surface area contributed by atoms with E-state index in [1.807, 2.05) is 18.2 Å². The fourth-order valence-electron chi connectivity index (χ4n) is 3.93. The second kappa shape index (κ2) is 9.99. The lowest BCUT2D eigenvalue weighted by molar-refractivity contribution is 0.0523. The largest absolute Gasteiger partial charge is 0.496 e. The number of aliphatic imine (C=N–C) groups is 1. The molecule has 0 unspecified atom stereocenters. The number of ether oxygens (including phenoxy) is 2. The predicted octanol–water partition coefficient (Wildman–Crippen LogP) is 3.86. The zero-order chi connectivity index (χ0) is 17.7. The van der Waals surface area contributed by atoms with Crippen molar-refractivity contribution < 1.29 is 9.47 Å². The van der Waals surface area contributed by atoms with E-state index in [0.29, 0.717) is 36.8 Å². The van der Waals surface area contributed by atoms with Crippen molar-refractivity contribution in [3.63, 3.8) is 0 Å². The van der Waals surface area contributed by atoms with Crippen molar-refractivity contribution in [2.75, 3.05) is 26.9 Å². The monoisotopic (exact) mass is 493 g/mol. The number of hydrogen-bond donors (Lipinski definition) is 2. The number of hydrogen-bond acceptors (Lipinski definition) is 3. The summed E-state index contributed by atoms with van der Waals surface area (Å²) >= 11 is 6.27. The maximum Gasteiger partial charge on any atom is 0.188 e. The highest BCUT2D eigenvalue weighted by Gasteiger charge is 2.37. The van der Waals surface area contributed by atoms with Crippen molar-refractivity contribution in [2.45, 2.75) is 50.0 Å². The lowest BCUT2D eigenvalue weighted by atomic mass is 9.73. The Balaban J connectivity index is 0.00000243. The molecule has 2 aliphatic rings. The van der Waals surface area contributed by atoms with Crippen LogP contribution >= 0.6 is 35.6 Å². The van der Waals surface area contributed by atoms with E-state index in [4.69, 9.17) is 31.8 Å². The molecule has 1 aliphatic heterocycles. The average molecular weight is 494 g/mol. The van der Waals surface area contributed by atoms with Gasteiger partial charge in [0.2, 0.25) is 0 Å². The molecule has 3 rings (SSSR count). The van der Waals surface area contributed by atoms with Gasteiger partial charge >= 0.3 is 0 Å². The molecule has 1 heterocycles. The zero-order valence-electron chi connectivity index (χ0n) is 15.3. The third-order valence-electron chi connectivity index (χ3n) is 5.44. The first kappa shape index (κ1) is 21.6. The first-order valence-electron chi connectivity index (χ1n) is 9.11. The molecule has 1 aliphatic carbocycles. The van der Waals surface area contributed by atoms with Gasteiger partial charge in [-0.15, -0.1) is 24.0 Å². The molecule has 0 aromatic heterocycles. The summed E-state index contributed by atoms with van der Waals surface area (Å²) in [5, 5.41) is 4.08. The molecular formula is C19H29ClIN3O2. The number of halogens is 2. The number of benzene rings is 1. The van der Waals surface area contributed by atoms with Crippen LogP contribution in [0.15, 0.2) is 23.2 Å². The number of guanidine groups is 1. The second-order valence-corrected chi connectivity index (χ2v) is 7.50. The highest BCUT2D eigenvalue weighted by atomic mass is 127. The van der Waals surface area contributed by atoms with E-state index in [-0.39, 0.29) is 29.4 Å². The van der Waals surface area contributed by atoms with E-state index in [2.05, 4.69) is 5.32 Å². The van der Waals surface area contributed by atoms with Crippen LogP contribution in [0, 0.1) is 0 Å². The molecule has 5 nitrogen and oxygen atoms in total. The van der Waals surface area contributed by atoms with Gasteiger partial charge in [0.25, 0.3) is 0 Å². The Labute approximate surface area is 178 Å². The Morgan fingerprint density at radius 1 is 1.35 bits per heavy atom. The summed E-state index contributed by atoms with van der Waals surface area (Å²) in [6.07, 6.45) is 6.65. The Hall–Kier alpha value is -0.730. The van der Waals surface area contributed by atoms with Crippen molar-refractivity contribution in [1.29, 1.82) is 0 Å². The normalized spacial score (nSPS) is 20.5. The lowest BCUT2D eigenvalue weighted by Gasteiger charge is -2.37. The van der Waals surface area contributed by atoms with Gasteiger partial charge in [0.15, 0.2) is 5.96 Å². The highest BCUT2D eigenvalue weighted by molar-refractivity contribution is 14.0. The van der Waals surface area contributed by atoms with Crippen LogP contribution in [0.3, 0.4) is 0 Å². The highest BCUT2D eigenvalue weighted by Crippen LogP contribution is 2.41. The van der Waals surface area contributed by atoms with Crippen molar-refractivity contribution >= 4 is 41.5 Å². The minimum Gasteiger partial charge on any atom is -0.496 e. The Bertz CT molecular complexity index is 615. The van der Waals surface area contributed by atoms with Crippen LogP contribution in [-0.4, -0.2) is 38.9 Å². The van der Waals surface area contributed by atoms with E-state index in [1.165, 1.54) is 25.7 Å². The van der Waals surface area contributed by atoms with Gasteiger partial charge in [-0.25, -0.2) is 0 Å². The SMILES string of the molecule is COc1ccc(Cl)cc1C1(CN=C(N)NC2CCCC2)CCOCC1.I. The summed E-state index contributed by atoms with van der Waals surface area (Å²) in [4.78, 5) is 4.69. The quantitative estimate of drug-likeness (QED) is 0.371. The van der Waals surface area contributed by atoms with Crippen LogP contribution < -0.4 is 15.8 Å². The average Bonchev–Trinajstić information content (AvgIpc) is 3.14. The Morgan fingerprint density at radius 3 is 2.69 bits per heavy atom. The molecule has 3 N–H and O–H groups in total. The summed E-state index contributed by atoms with van der Waals surface area (Å²) in [6.45, 7) is 2.03. The van der Waals surface area contributed by atoms with Gasteiger partial charge in [0, 0.05) is 35.3 Å². The Kier molecular flexibility index (Phi) is 8.29. The third-order valence-corrected chi connectivity index (χ3v) is 5.68. The van der Waals surface area contributed by atoms with Gasteiger partial charge in [0.1, 0.15) is 5.75 Å². The Morgan fingerprint density at radius 2 is 2.04 bits per heavy atom. The lowest BCUT2D eigenvalue weighted by Crippen LogP contribution is -2.41. The van der Waals surface area contributed by atoms with Crippen molar-refractivity contribution in [2.24, 2.45) is 10.7 Å². The second-order valence-electron chi connectivity index (χ2n) is 7.06. The summed E-state index contributed by atoms with van der Waals surface area (Å²) in [6, 6.07) is 6.26. The first-order valence-corrected chi connectivity index (χ1v) is 9.49. The molecule has 7 heteroatoms.